The van der Waals surface area contributed by atoms with Crippen LogP contribution in [0.4, 0.5) is 11.4 Å². The van der Waals surface area contributed by atoms with Gasteiger partial charge >= 0.3 is 0 Å². The molecule has 7 fully saturated rings. The number of aliphatic hydroxyl groups is 3. The number of carbonyl (C=O) groups is 4. The minimum absolute atomic E-state index is 0.0119. The van der Waals surface area contributed by atoms with Crippen molar-refractivity contribution in [1.29, 1.82) is 0 Å². The Morgan fingerprint density at radius 2 is 1.35 bits per heavy atom. The van der Waals surface area contributed by atoms with E-state index < -0.39 is 35.1 Å². The Morgan fingerprint density at radius 1 is 0.746 bits per heavy atom. The Labute approximate surface area is 417 Å². The first-order valence-corrected chi connectivity index (χ1v) is 26.1. The van der Waals surface area contributed by atoms with Crippen molar-refractivity contribution in [2.75, 3.05) is 24.7 Å². The molecule has 71 heavy (non-hydrogen) atoms. The van der Waals surface area contributed by atoms with E-state index in [1.807, 2.05) is 12.2 Å². The highest BCUT2D eigenvalue weighted by Gasteiger charge is 2.76. The number of carbonyl (C=O) groups excluding carboxylic acids is 4. The lowest BCUT2D eigenvalue weighted by atomic mass is 9.46. The molecule has 1 heterocycles. The Morgan fingerprint density at radius 3 is 2.00 bits per heavy atom. The average molecular weight is 973 g/mol. The second kappa shape index (κ2) is 18.2. The van der Waals surface area contributed by atoms with Gasteiger partial charge in [0, 0.05) is 45.4 Å². The number of hydrogen-bond donors (Lipinski definition) is 5. The zero-order valence-electron chi connectivity index (χ0n) is 41.8. The normalized spacial score (nSPS) is 42.4. The molecule has 13 nitrogen and oxygen atoms in total. The summed E-state index contributed by atoms with van der Waals surface area (Å²) >= 11 is 0. The Balaban J connectivity index is 0.000000166. The van der Waals surface area contributed by atoms with Crippen LogP contribution in [0.25, 0.3) is 0 Å². The van der Waals surface area contributed by atoms with Crippen molar-refractivity contribution in [2.24, 2.45) is 63.6 Å². The van der Waals surface area contributed by atoms with Gasteiger partial charge in [0.25, 0.3) is 0 Å². The molecule has 0 unspecified atom stereocenters. The van der Waals surface area contributed by atoms with Crippen LogP contribution in [-0.4, -0.2) is 87.5 Å². The van der Waals surface area contributed by atoms with Crippen LogP contribution in [0.3, 0.4) is 0 Å². The number of fused-ring (bicyclic) bond motifs is 12. The Hall–Kier alpha value is -4.92. The van der Waals surface area contributed by atoms with Crippen molar-refractivity contribution in [3.8, 4) is 11.5 Å². The summed E-state index contributed by atoms with van der Waals surface area (Å²) in [5.74, 6) is 1.28. The molecule has 2 aromatic rings. The first-order chi connectivity index (χ1) is 33.7. The van der Waals surface area contributed by atoms with E-state index in [1.165, 1.54) is 0 Å². The van der Waals surface area contributed by atoms with E-state index >= 15 is 0 Å². The molecule has 1 aliphatic heterocycles. The molecule has 2 aromatic carbocycles. The molecule has 13 heteroatoms. The number of benzene rings is 2. The van der Waals surface area contributed by atoms with Gasteiger partial charge in [-0.25, -0.2) is 0 Å². The van der Waals surface area contributed by atoms with Crippen LogP contribution in [-0.2, 0) is 28.7 Å². The van der Waals surface area contributed by atoms with Gasteiger partial charge in [-0.15, -0.1) is 0 Å². The van der Waals surface area contributed by atoms with E-state index in [4.69, 9.17) is 30.4 Å². The molecule has 6 saturated carbocycles. The molecule has 0 spiro atoms. The molecule has 0 bridgehead atoms. The predicted octanol–water partition coefficient (Wildman–Crippen LogP) is 7.47. The Kier molecular flexibility index (Phi) is 12.7. The fourth-order valence-electron chi connectivity index (χ4n) is 16.4. The van der Waals surface area contributed by atoms with Crippen LogP contribution >= 0.6 is 0 Å². The van der Waals surface area contributed by atoms with E-state index in [0.29, 0.717) is 48.6 Å². The molecule has 7 N–H and O–H groups in total. The molecular formula is C58H72N2O11. The van der Waals surface area contributed by atoms with Crippen molar-refractivity contribution in [2.45, 2.75) is 135 Å². The van der Waals surface area contributed by atoms with Crippen molar-refractivity contribution in [1.82, 2.24) is 0 Å². The van der Waals surface area contributed by atoms with Crippen LogP contribution in [0.1, 0.15) is 98.8 Å². The lowest BCUT2D eigenvalue weighted by Gasteiger charge is -2.59. The van der Waals surface area contributed by atoms with Crippen LogP contribution in [0, 0.1) is 63.6 Å². The molecule has 8 aliphatic carbocycles. The Bertz CT molecular complexity index is 2570. The van der Waals surface area contributed by atoms with Gasteiger partial charge in [0.15, 0.2) is 23.5 Å². The fourth-order valence-corrected chi connectivity index (χ4v) is 16.4. The average Bonchev–Trinajstić information content (AvgIpc) is 3.96. The lowest BCUT2D eigenvalue weighted by molar-refractivity contribution is -0.200. The summed E-state index contributed by atoms with van der Waals surface area (Å²) in [7, 11) is 0. The second-order valence-corrected chi connectivity index (χ2v) is 23.2. The topological polar surface area (TPSA) is 218 Å². The van der Waals surface area contributed by atoms with Gasteiger partial charge in [-0.05, 0) is 160 Å². The third-order valence-electron chi connectivity index (χ3n) is 19.5. The smallest absolute Gasteiger partial charge is 0.205 e. The molecule has 1 saturated heterocycles. The fraction of sp³-hybridized carbons (Fsp3) is 0.586. The number of aliphatic hydroxyl groups excluding tert-OH is 2. The molecule has 0 aromatic heterocycles. The molecule has 0 radical (unpaired) electrons. The maximum atomic E-state index is 14.2. The number of hydrogen-bond acceptors (Lipinski definition) is 13. The molecule has 0 amide bonds. The standard InChI is InChI=1S/C31H39NO6.C27H33NO5/c1-4-5-27-37-26-15-23-22-11-6-18-14-20(33)12-13-29(18,2)28(22)24(34)16-30(23,3)31(26,38-27)25(35)17-36-21-9-7-19(32)8-10-21;1-15-11-20-19-8-10-27(32,24(31)14-33-18-5-3-16(28)4-6-18)22(19)13-23(30)25(20)26(2)9-7-17(29)12-21(15)26/h7-10,12-14,22-24,26-28,34H,4-6,11,15-17,32H2,1-3H3;3-7,9,12,15,19-20,22-23,25,30,32H,8,10-11,13-14,28H2,1-2H3/t22-,23-,24-,26+,27+,28+,29-,30-,31+;15-,19-,20-,22-,23-,25+,26-,27+/m00/s1. The number of nitrogens with two attached hydrogens (primary N) is 2. The van der Waals surface area contributed by atoms with E-state index in [9.17, 15) is 34.5 Å². The van der Waals surface area contributed by atoms with E-state index in [0.717, 1.165) is 49.7 Å². The SMILES string of the molecule is CCC[C@@H]1O[C@@H]2C[C@H]3[C@@H]4CCC5=CC(=O)C=C[C@]5(C)[C@H]4[C@@H](O)C[C@]3(C)[C@]2(C(=O)COc2ccc(N)cc2)O1.C[C@H]1C[C@H]2[C@@H]3CC[C@](O)(C(=O)COc4ccc(N)cc4)[C@H]3C[C@H](O)[C@@H]2[C@@]2(C)C=CC(=O)C=C12. The monoisotopic (exact) mass is 973 g/mol. The van der Waals surface area contributed by atoms with Crippen molar-refractivity contribution >= 4 is 34.5 Å². The summed E-state index contributed by atoms with van der Waals surface area (Å²) in [6.07, 6.45) is 15.5. The van der Waals surface area contributed by atoms with Crippen molar-refractivity contribution in [3.05, 3.63) is 96.1 Å². The van der Waals surface area contributed by atoms with E-state index in [2.05, 4.69) is 34.6 Å². The summed E-state index contributed by atoms with van der Waals surface area (Å²) in [5, 5.41) is 34.7. The third kappa shape index (κ3) is 7.99. The number of ether oxygens (including phenoxy) is 4. The zero-order valence-corrected chi connectivity index (χ0v) is 41.8. The van der Waals surface area contributed by atoms with Crippen LogP contribution in [0.2, 0.25) is 0 Å². The van der Waals surface area contributed by atoms with Crippen LogP contribution in [0.5, 0.6) is 11.5 Å². The van der Waals surface area contributed by atoms with Crippen molar-refractivity contribution < 1.29 is 53.4 Å². The van der Waals surface area contributed by atoms with E-state index in [-0.39, 0.29) is 101 Å². The van der Waals surface area contributed by atoms with Crippen LogP contribution in [0.15, 0.2) is 96.1 Å². The molecule has 9 aliphatic rings. The highest BCUT2D eigenvalue weighted by Crippen LogP contribution is 2.70. The quantitative estimate of drug-likeness (QED) is 0.146. The van der Waals surface area contributed by atoms with Gasteiger partial charge in [0.2, 0.25) is 11.6 Å². The van der Waals surface area contributed by atoms with E-state index in [1.54, 1.807) is 72.8 Å². The minimum atomic E-state index is -1.48. The number of rotatable bonds is 10. The highest BCUT2D eigenvalue weighted by atomic mass is 16.7. The number of allylic oxidation sites excluding steroid dienone is 8. The number of nitrogen functional groups attached to an aromatic ring is 2. The number of ketones is 4. The molecule has 380 valence electrons. The third-order valence-corrected chi connectivity index (χ3v) is 19.5. The summed E-state index contributed by atoms with van der Waals surface area (Å²) in [5.41, 5.74) is 11.0. The molecule has 17 atom stereocenters. The van der Waals surface area contributed by atoms with Gasteiger partial charge in [-0.3, -0.25) is 19.2 Å². The van der Waals surface area contributed by atoms with Crippen molar-refractivity contribution in [3.63, 3.8) is 0 Å². The number of Topliss-reactive ketones (excluding diaryl/α,β-unsaturated/α-hetero) is 2. The lowest BCUT2D eigenvalue weighted by Crippen LogP contribution is -2.63. The largest absolute Gasteiger partial charge is 0.486 e. The summed E-state index contributed by atoms with van der Waals surface area (Å²) in [4.78, 5) is 51.6. The molecular weight excluding hydrogens is 901 g/mol. The first-order valence-electron chi connectivity index (χ1n) is 26.1. The number of anilines is 2. The predicted molar refractivity (Wildman–Crippen MR) is 266 cm³/mol. The summed E-state index contributed by atoms with van der Waals surface area (Å²) in [6.45, 7) is 10.3. The van der Waals surface area contributed by atoms with Crippen LogP contribution < -0.4 is 20.9 Å². The highest BCUT2D eigenvalue weighted by molar-refractivity contribution is 6.02. The van der Waals surface area contributed by atoms with Gasteiger partial charge in [0.05, 0.1) is 18.3 Å². The first kappa shape index (κ1) is 49.6. The zero-order chi connectivity index (χ0) is 50.4. The second-order valence-electron chi connectivity index (χ2n) is 23.2. The maximum absolute atomic E-state index is 14.2. The van der Waals surface area contributed by atoms with Gasteiger partial charge in [0.1, 0.15) is 30.3 Å². The maximum Gasteiger partial charge on any atom is 0.205 e. The summed E-state index contributed by atoms with van der Waals surface area (Å²) in [6, 6.07) is 13.8. The van der Waals surface area contributed by atoms with Gasteiger partial charge in [-0.2, -0.15) is 0 Å². The summed E-state index contributed by atoms with van der Waals surface area (Å²) < 4.78 is 24.7. The minimum Gasteiger partial charge on any atom is -0.486 e. The molecule has 11 rings (SSSR count). The van der Waals surface area contributed by atoms with Gasteiger partial charge < -0.3 is 45.7 Å². The van der Waals surface area contributed by atoms with Gasteiger partial charge in [-0.1, -0.05) is 64.3 Å².